The van der Waals surface area contributed by atoms with E-state index < -0.39 is 11.6 Å². The normalized spacial score (nSPS) is 28.8. The van der Waals surface area contributed by atoms with Crippen LogP contribution in [0.3, 0.4) is 0 Å². The van der Waals surface area contributed by atoms with E-state index in [0.717, 1.165) is 12.8 Å². The molecule has 26 heavy (non-hydrogen) atoms. The van der Waals surface area contributed by atoms with Gasteiger partial charge in [-0.25, -0.2) is 4.98 Å². The van der Waals surface area contributed by atoms with E-state index in [9.17, 15) is 4.79 Å². The van der Waals surface area contributed by atoms with Crippen LogP contribution in [-0.2, 0) is 14.3 Å². The molecular weight excluding hydrogens is 360 g/mol. The Balaban J connectivity index is 1.48. The fraction of sp³-hybridized carbons (Fsp3) is 0.625. The number of rotatable bonds is 4. The van der Waals surface area contributed by atoms with Crippen molar-refractivity contribution in [2.75, 3.05) is 5.73 Å². The van der Waals surface area contributed by atoms with Crippen molar-refractivity contribution in [2.45, 2.75) is 57.1 Å². The summed E-state index contributed by atoms with van der Waals surface area (Å²) in [4.78, 5) is 24.4. The van der Waals surface area contributed by atoms with Crippen LogP contribution in [0.15, 0.2) is 6.33 Å². The largest absolute Gasteiger partial charge is 0.458 e. The average molecular weight is 381 g/mol. The molecule has 1 spiro atoms. The van der Waals surface area contributed by atoms with Crippen molar-refractivity contribution in [3.8, 4) is 0 Å². The molecule has 2 aromatic rings. The molecule has 0 aromatic carbocycles. The van der Waals surface area contributed by atoms with Gasteiger partial charge in [-0.1, -0.05) is 13.8 Å². The van der Waals surface area contributed by atoms with E-state index in [1.807, 2.05) is 13.8 Å². The van der Waals surface area contributed by atoms with Gasteiger partial charge in [-0.15, -0.1) is 0 Å². The lowest BCUT2D eigenvalue weighted by Gasteiger charge is -2.17. The van der Waals surface area contributed by atoms with Gasteiger partial charge in [-0.05, 0) is 30.4 Å². The van der Waals surface area contributed by atoms with Crippen molar-refractivity contribution in [2.24, 2.45) is 11.7 Å². The zero-order chi connectivity index (χ0) is 18.6. The Labute approximate surface area is 155 Å². The van der Waals surface area contributed by atoms with E-state index in [1.165, 1.54) is 0 Å². The molecule has 140 valence electrons. The molecule has 1 aliphatic heterocycles. The first kappa shape index (κ1) is 17.4. The highest BCUT2D eigenvalue weighted by atomic mass is 35.5. The number of esters is 1. The van der Waals surface area contributed by atoms with Crippen molar-refractivity contribution in [3.63, 3.8) is 0 Å². The molecule has 1 aliphatic carbocycles. The summed E-state index contributed by atoms with van der Waals surface area (Å²) in [5.74, 6) is -0.122. The van der Waals surface area contributed by atoms with Crippen LogP contribution in [-0.4, -0.2) is 43.2 Å². The second-order valence-corrected chi connectivity index (χ2v) is 7.62. The first-order valence-corrected chi connectivity index (χ1v) is 8.98. The van der Waals surface area contributed by atoms with Gasteiger partial charge in [0.25, 0.3) is 0 Å². The quantitative estimate of drug-likeness (QED) is 0.601. The summed E-state index contributed by atoms with van der Waals surface area (Å²) in [6.45, 7) is 3.78. The number of hydrogen-bond acceptors (Lipinski definition) is 8. The summed E-state index contributed by atoms with van der Waals surface area (Å²) in [5, 5.41) is 0.0605. The molecule has 0 bridgehead atoms. The number of anilines is 1. The monoisotopic (exact) mass is 380 g/mol. The Bertz CT molecular complexity index is 871. The summed E-state index contributed by atoms with van der Waals surface area (Å²) in [6.07, 6.45) is 3.28. The van der Waals surface area contributed by atoms with Crippen molar-refractivity contribution < 1.29 is 14.3 Å². The summed E-state index contributed by atoms with van der Waals surface area (Å²) >= 11 is 5.91. The molecule has 3 heterocycles. The van der Waals surface area contributed by atoms with Crippen LogP contribution in [0.2, 0.25) is 5.28 Å². The first-order chi connectivity index (χ1) is 12.3. The predicted molar refractivity (Wildman–Crippen MR) is 94.1 cm³/mol. The number of ether oxygens (including phenoxy) is 2. The van der Waals surface area contributed by atoms with E-state index in [4.69, 9.17) is 32.5 Å². The minimum Gasteiger partial charge on any atom is -0.458 e. The third-order valence-corrected chi connectivity index (χ3v) is 5.29. The van der Waals surface area contributed by atoms with Crippen LogP contribution < -0.4 is 11.5 Å². The molecule has 1 saturated carbocycles. The van der Waals surface area contributed by atoms with Gasteiger partial charge in [-0.2, -0.15) is 9.97 Å². The maximum Gasteiger partial charge on any atom is 0.323 e. The van der Waals surface area contributed by atoms with Crippen molar-refractivity contribution >= 4 is 34.6 Å². The zero-order valence-electron chi connectivity index (χ0n) is 14.6. The van der Waals surface area contributed by atoms with Crippen LogP contribution in [0.25, 0.3) is 11.2 Å². The third kappa shape index (κ3) is 2.80. The zero-order valence-corrected chi connectivity index (χ0v) is 15.3. The van der Waals surface area contributed by atoms with Gasteiger partial charge in [0, 0.05) is 6.42 Å². The van der Waals surface area contributed by atoms with Gasteiger partial charge in [-0.3, -0.25) is 9.36 Å². The maximum atomic E-state index is 12.1. The van der Waals surface area contributed by atoms with Gasteiger partial charge < -0.3 is 20.9 Å². The Hall–Kier alpha value is -1.97. The Kier molecular flexibility index (Phi) is 4.05. The molecule has 2 aliphatic rings. The van der Waals surface area contributed by atoms with Gasteiger partial charge in [0.05, 0.1) is 6.33 Å². The van der Waals surface area contributed by atoms with E-state index in [-0.39, 0.29) is 35.3 Å². The molecule has 9 nitrogen and oxygen atoms in total. The SMILES string of the molecule is CC(C)[C@H](N)C(=O)OC1CC12CC[C@H](n1cnc3c(N)nc(Cl)nc31)O2. The number of imidazole rings is 1. The Morgan fingerprint density at radius 3 is 3.00 bits per heavy atom. The molecule has 1 saturated heterocycles. The molecule has 4 atom stereocenters. The van der Waals surface area contributed by atoms with E-state index >= 15 is 0 Å². The first-order valence-electron chi connectivity index (χ1n) is 8.60. The molecule has 2 aromatic heterocycles. The second-order valence-electron chi connectivity index (χ2n) is 7.28. The number of hydrogen-bond donors (Lipinski definition) is 2. The van der Waals surface area contributed by atoms with E-state index in [1.54, 1.807) is 10.9 Å². The standard InChI is InChI=1S/C16H21ClN6O3/c1-7(2)10(18)14(24)25-8-5-16(8)4-3-9(26-16)23-6-20-11-12(19)21-15(17)22-13(11)23/h6-10H,3-5,18H2,1-2H3,(H2,19,21,22)/t8?,9-,10+,16?/m1/s1. The fourth-order valence-electron chi connectivity index (χ4n) is 3.36. The van der Waals surface area contributed by atoms with Crippen LogP contribution in [0.1, 0.15) is 39.3 Å². The summed E-state index contributed by atoms with van der Waals surface area (Å²) in [5.41, 5.74) is 12.3. The van der Waals surface area contributed by atoms with Gasteiger partial charge in [0.2, 0.25) is 5.28 Å². The number of nitrogens with two attached hydrogens (primary N) is 2. The molecule has 4 N–H and O–H groups in total. The minimum atomic E-state index is -0.621. The highest BCUT2D eigenvalue weighted by molar-refractivity contribution is 6.28. The molecule has 4 rings (SSSR count). The average Bonchev–Trinajstić information content (AvgIpc) is 2.92. The fourth-order valence-corrected chi connectivity index (χ4v) is 3.53. The smallest absolute Gasteiger partial charge is 0.323 e. The van der Waals surface area contributed by atoms with Crippen LogP contribution in [0, 0.1) is 5.92 Å². The summed E-state index contributed by atoms with van der Waals surface area (Å²) in [7, 11) is 0. The maximum absolute atomic E-state index is 12.1. The minimum absolute atomic E-state index is 0.0293. The topological polar surface area (TPSA) is 131 Å². The van der Waals surface area contributed by atoms with Crippen LogP contribution in [0.4, 0.5) is 5.82 Å². The third-order valence-electron chi connectivity index (χ3n) is 5.12. The number of carbonyl (C=O) groups is 1. The second kappa shape index (κ2) is 6.04. The van der Waals surface area contributed by atoms with E-state index in [0.29, 0.717) is 17.6 Å². The summed E-state index contributed by atoms with van der Waals surface area (Å²) in [6, 6.07) is -0.621. The number of nitrogens with zero attached hydrogens (tertiary/aromatic N) is 4. The lowest BCUT2D eigenvalue weighted by Crippen LogP contribution is -2.38. The van der Waals surface area contributed by atoms with Crippen molar-refractivity contribution in [1.82, 2.24) is 19.5 Å². The van der Waals surface area contributed by atoms with Gasteiger partial charge in [0.1, 0.15) is 29.5 Å². The van der Waals surface area contributed by atoms with Gasteiger partial charge >= 0.3 is 5.97 Å². The highest BCUT2D eigenvalue weighted by Gasteiger charge is 2.63. The van der Waals surface area contributed by atoms with Crippen LogP contribution in [0.5, 0.6) is 0 Å². The lowest BCUT2D eigenvalue weighted by atomic mass is 10.1. The molecule has 10 heteroatoms. The van der Waals surface area contributed by atoms with Crippen LogP contribution >= 0.6 is 11.6 Å². The van der Waals surface area contributed by atoms with Gasteiger partial charge in [0.15, 0.2) is 11.5 Å². The summed E-state index contributed by atoms with van der Waals surface area (Å²) < 4.78 is 13.5. The van der Waals surface area contributed by atoms with E-state index in [2.05, 4.69) is 15.0 Å². The Morgan fingerprint density at radius 1 is 1.50 bits per heavy atom. The molecule has 0 radical (unpaired) electrons. The molecule has 0 amide bonds. The number of halogens is 1. The number of carbonyl (C=O) groups excluding carboxylic acids is 1. The highest BCUT2D eigenvalue weighted by Crippen LogP contribution is 2.54. The number of nitrogen functional groups attached to an aromatic ring is 1. The molecular formula is C16H21ClN6O3. The number of aromatic nitrogens is 4. The van der Waals surface area contributed by atoms with Crippen molar-refractivity contribution in [3.05, 3.63) is 11.6 Å². The molecule has 2 unspecified atom stereocenters. The predicted octanol–water partition coefficient (Wildman–Crippen LogP) is 1.41. The Morgan fingerprint density at radius 2 is 2.27 bits per heavy atom. The lowest BCUT2D eigenvalue weighted by molar-refractivity contribution is -0.151. The van der Waals surface area contributed by atoms with Crippen molar-refractivity contribution in [1.29, 1.82) is 0 Å². The number of fused-ring (bicyclic) bond motifs is 1. The molecule has 2 fully saturated rings.